The van der Waals surface area contributed by atoms with Crippen molar-refractivity contribution in [1.82, 2.24) is 10.7 Å². The highest BCUT2D eigenvalue weighted by Gasteiger charge is 2.25. The molecule has 2 aromatic carbocycles. The Kier molecular flexibility index (Phi) is 9.06. The molecule has 1 aliphatic heterocycles. The lowest BCUT2D eigenvalue weighted by atomic mass is 10.0. The van der Waals surface area contributed by atoms with Gasteiger partial charge in [-0.15, -0.1) is 0 Å². The van der Waals surface area contributed by atoms with Gasteiger partial charge < -0.3 is 10.2 Å². The van der Waals surface area contributed by atoms with Crippen LogP contribution in [0.15, 0.2) is 41.5 Å². The van der Waals surface area contributed by atoms with Gasteiger partial charge >= 0.3 is 0 Å². The van der Waals surface area contributed by atoms with Gasteiger partial charge in [-0.1, -0.05) is 43.1 Å². The summed E-state index contributed by atoms with van der Waals surface area (Å²) in [5.41, 5.74) is 3.72. The molecule has 1 saturated heterocycles. The molecule has 1 aliphatic rings. The third-order valence-corrected chi connectivity index (χ3v) is 6.44. The van der Waals surface area contributed by atoms with Crippen molar-refractivity contribution >= 4 is 52.6 Å². The maximum absolute atomic E-state index is 12.7. The topological polar surface area (TPSA) is 117 Å². The minimum Gasteiger partial charge on any atom is -0.366 e. The van der Waals surface area contributed by atoms with Crippen molar-refractivity contribution in [2.75, 3.05) is 18.0 Å². The lowest BCUT2D eigenvalue weighted by molar-refractivity contribution is -0.384. The number of carbonyl (C=O) groups excluding carboxylic acids is 2. The Labute approximate surface area is 213 Å². The van der Waals surface area contributed by atoms with Crippen LogP contribution in [0.3, 0.4) is 0 Å². The standard InChI is InChI=1S/C24H27Cl2N5O4/c1-15(2)22(28-23(32)17-7-8-18(25)19(26)13-17)24(33)29-27-14-16-6-9-20(21(12-16)31(34)35)30-10-4-3-5-11-30/h6-9,12-15,22H,3-5,10-11H2,1-2H3,(H,28,32)(H,29,33)/b27-14-. The van der Waals surface area contributed by atoms with Crippen LogP contribution in [0, 0.1) is 16.0 Å². The summed E-state index contributed by atoms with van der Waals surface area (Å²) in [5, 5.41) is 18.8. The van der Waals surface area contributed by atoms with Crippen molar-refractivity contribution in [3.63, 3.8) is 0 Å². The molecule has 35 heavy (non-hydrogen) atoms. The van der Waals surface area contributed by atoms with E-state index < -0.39 is 22.8 Å². The molecule has 3 rings (SSSR count). The molecule has 0 radical (unpaired) electrons. The number of piperidine rings is 1. The van der Waals surface area contributed by atoms with Crippen molar-refractivity contribution in [2.24, 2.45) is 11.0 Å². The maximum Gasteiger partial charge on any atom is 0.293 e. The largest absolute Gasteiger partial charge is 0.366 e. The zero-order valence-electron chi connectivity index (χ0n) is 19.5. The first-order valence-corrected chi connectivity index (χ1v) is 12.0. The molecule has 0 aliphatic carbocycles. The monoisotopic (exact) mass is 519 g/mol. The van der Waals surface area contributed by atoms with Gasteiger partial charge in [0.15, 0.2) is 0 Å². The molecule has 2 aromatic rings. The molecular weight excluding hydrogens is 493 g/mol. The lowest BCUT2D eigenvalue weighted by Crippen LogP contribution is -2.48. The summed E-state index contributed by atoms with van der Waals surface area (Å²) in [7, 11) is 0. The predicted octanol–water partition coefficient (Wildman–Crippen LogP) is 4.80. The highest BCUT2D eigenvalue weighted by molar-refractivity contribution is 6.42. The minimum atomic E-state index is -0.870. The molecule has 0 bridgehead atoms. The number of nitro benzene ring substituents is 1. The van der Waals surface area contributed by atoms with Crippen LogP contribution in [0.25, 0.3) is 0 Å². The summed E-state index contributed by atoms with van der Waals surface area (Å²) in [6.45, 7) is 5.14. The number of nitro groups is 1. The first-order chi connectivity index (χ1) is 16.7. The molecule has 1 atom stereocenters. The first kappa shape index (κ1) is 26.4. The Morgan fingerprint density at radius 3 is 2.43 bits per heavy atom. The second kappa shape index (κ2) is 12.0. The normalized spacial score (nSPS) is 14.7. The van der Waals surface area contributed by atoms with Gasteiger partial charge in [-0.3, -0.25) is 19.7 Å². The van der Waals surface area contributed by atoms with Crippen LogP contribution in [0.4, 0.5) is 11.4 Å². The zero-order valence-corrected chi connectivity index (χ0v) is 21.0. The summed E-state index contributed by atoms with van der Waals surface area (Å²) in [6.07, 6.45) is 4.47. The molecule has 0 spiro atoms. The Bertz CT molecular complexity index is 1130. The zero-order chi connectivity index (χ0) is 25.5. The Hall–Kier alpha value is -3.17. The molecule has 1 unspecified atom stereocenters. The number of nitrogens with zero attached hydrogens (tertiary/aromatic N) is 3. The molecule has 2 amide bonds. The Morgan fingerprint density at radius 2 is 1.80 bits per heavy atom. The van der Waals surface area contributed by atoms with E-state index in [-0.39, 0.29) is 22.2 Å². The van der Waals surface area contributed by atoms with Gasteiger partial charge in [0, 0.05) is 30.3 Å². The van der Waals surface area contributed by atoms with Crippen LogP contribution < -0.4 is 15.6 Å². The van der Waals surface area contributed by atoms with Crippen LogP contribution in [0.2, 0.25) is 10.0 Å². The molecule has 186 valence electrons. The van der Waals surface area contributed by atoms with Crippen LogP contribution in [0.5, 0.6) is 0 Å². The molecule has 1 heterocycles. The van der Waals surface area contributed by atoms with E-state index in [9.17, 15) is 19.7 Å². The van der Waals surface area contributed by atoms with E-state index in [1.807, 2.05) is 4.90 Å². The third-order valence-electron chi connectivity index (χ3n) is 5.70. The van der Waals surface area contributed by atoms with Gasteiger partial charge in [0.25, 0.3) is 17.5 Å². The molecular formula is C24H27Cl2N5O4. The van der Waals surface area contributed by atoms with Crippen LogP contribution in [-0.4, -0.2) is 42.1 Å². The van der Waals surface area contributed by atoms with Crippen molar-refractivity contribution in [1.29, 1.82) is 0 Å². The number of hydrazone groups is 1. The number of nitrogens with one attached hydrogen (secondary N) is 2. The number of carbonyl (C=O) groups is 2. The number of hydrogen-bond donors (Lipinski definition) is 2. The second-order valence-electron chi connectivity index (χ2n) is 8.61. The Morgan fingerprint density at radius 1 is 1.09 bits per heavy atom. The average Bonchev–Trinajstić information content (AvgIpc) is 2.84. The van der Waals surface area contributed by atoms with E-state index in [4.69, 9.17) is 23.2 Å². The Balaban J connectivity index is 1.68. The summed E-state index contributed by atoms with van der Waals surface area (Å²) in [5.74, 6) is -1.24. The molecule has 11 heteroatoms. The quantitative estimate of drug-likeness (QED) is 0.295. The summed E-state index contributed by atoms with van der Waals surface area (Å²) < 4.78 is 0. The van der Waals surface area contributed by atoms with Crippen LogP contribution >= 0.6 is 23.2 Å². The molecule has 9 nitrogen and oxygen atoms in total. The van der Waals surface area contributed by atoms with E-state index >= 15 is 0 Å². The molecule has 2 N–H and O–H groups in total. The fourth-order valence-corrected chi connectivity index (χ4v) is 4.10. The lowest BCUT2D eigenvalue weighted by Gasteiger charge is -2.28. The van der Waals surface area contributed by atoms with Crippen LogP contribution in [-0.2, 0) is 4.79 Å². The highest BCUT2D eigenvalue weighted by atomic mass is 35.5. The number of rotatable bonds is 8. The highest BCUT2D eigenvalue weighted by Crippen LogP contribution is 2.31. The number of anilines is 1. The number of amides is 2. The molecule has 0 aromatic heterocycles. The minimum absolute atomic E-state index is 0.00359. The van der Waals surface area contributed by atoms with Gasteiger partial charge in [0.05, 0.1) is 21.2 Å². The number of benzene rings is 2. The fourth-order valence-electron chi connectivity index (χ4n) is 3.81. The van der Waals surface area contributed by atoms with Gasteiger partial charge in [-0.25, -0.2) is 5.43 Å². The van der Waals surface area contributed by atoms with Gasteiger partial charge in [-0.05, 0) is 49.4 Å². The predicted molar refractivity (Wildman–Crippen MR) is 137 cm³/mol. The average molecular weight is 520 g/mol. The van der Waals surface area contributed by atoms with E-state index in [0.717, 1.165) is 32.4 Å². The maximum atomic E-state index is 12.7. The van der Waals surface area contributed by atoms with E-state index in [1.54, 1.807) is 26.0 Å². The third kappa shape index (κ3) is 6.93. The van der Waals surface area contributed by atoms with Crippen molar-refractivity contribution < 1.29 is 14.5 Å². The molecule has 1 fully saturated rings. The van der Waals surface area contributed by atoms with E-state index in [0.29, 0.717) is 16.3 Å². The number of halogens is 2. The second-order valence-corrected chi connectivity index (χ2v) is 9.43. The summed E-state index contributed by atoms with van der Waals surface area (Å²) >= 11 is 11.9. The van der Waals surface area contributed by atoms with Gasteiger partial charge in [-0.2, -0.15) is 5.10 Å². The fraction of sp³-hybridized carbons (Fsp3) is 0.375. The van der Waals surface area contributed by atoms with Crippen LogP contribution in [0.1, 0.15) is 49.0 Å². The number of hydrogen-bond acceptors (Lipinski definition) is 6. The van der Waals surface area contributed by atoms with Gasteiger partial charge in [0.1, 0.15) is 11.7 Å². The van der Waals surface area contributed by atoms with E-state index in [2.05, 4.69) is 15.8 Å². The van der Waals surface area contributed by atoms with E-state index in [1.165, 1.54) is 30.5 Å². The van der Waals surface area contributed by atoms with Crippen molar-refractivity contribution in [3.8, 4) is 0 Å². The molecule has 0 saturated carbocycles. The van der Waals surface area contributed by atoms with Crippen molar-refractivity contribution in [3.05, 3.63) is 67.7 Å². The summed E-state index contributed by atoms with van der Waals surface area (Å²) in [6, 6.07) is 8.43. The first-order valence-electron chi connectivity index (χ1n) is 11.3. The SMILES string of the molecule is CC(C)C(NC(=O)c1ccc(Cl)c(Cl)c1)C(=O)N/N=C\c1ccc(N2CCCCC2)c([N+](=O)[O-])c1. The van der Waals surface area contributed by atoms with Gasteiger partial charge in [0.2, 0.25) is 0 Å². The summed E-state index contributed by atoms with van der Waals surface area (Å²) in [4.78, 5) is 38.5. The van der Waals surface area contributed by atoms with Crippen molar-refractivity contribution in [2.45, 2.75) is 39.2 Å². The smallest absolute Gasteiger partial charge is 0.293 e.